The molecule has 1 heterocycles. The van der Waals surface area contributed by atoms with E-state index in [4.69, 9.17) is 5.73 Å². The summed E-state index contributed by atoms with van der Waals surface area (Å²) in [5.41, 5.74) is 5.84. The predicted octanol–water partition coefficient (Wildman–Crippen LogP) is 1.61. The van der Waals surface area contributed by atoms with Crippen molar-refractivity contribution in [2.45, 2.75) is 39.0 Å². The second kappa shape index (κ2) is 4.52. The van der Waals surface area contributed by atoms with Crippen molar-refractivity contribution in [2.75, 3.05) is 5.73 Å². The minimum absolute atomic E-state index is 0.0624. The first-order valence-electron chi connectivity index (χ1n) is 5.44. The van der Waals surface area contributed by atoms with Gasteiger partial charge in [0.15, 0.2) is 0 Å². The Morgan fingerprint density at radius 3 is 2.18 bits per heavy atom. The van der Waals surface area contributed by atoms with Crippen LogP contribution in [-0.4, -0.2) is 23.4 Å². The number of carbonyl (C=O) groups is 1. The topological polar surface area (TPSA) is 82.2 Å². The third kappa shape index (κ3) is 2.36. The highest BCUT2D eigenvalue weighted by Gasteiger charge is 2.30. The van der Waals surface area contributed by atoms with Crippen LogP contribution in [0.3, 0.4) is 0 Å². The molecule has 0 bridgehead atoms. The van der Waals surface area contributed by atoms with E-state index in [9.17, 15) is 13.2 Å². The molecule has 0 fully saturated rings. The quantitative estimate of drug-likeness (QED) is 0.893. The smallest absolute Gasteiger partial charge is 0.280 e. The number of nitrogen functional groups attached to an aromatic ring is 1. The number of hydrogen-bond donors (Lipinski definition) is 1. The molecule has 0 aliphatic rings. The summed E-state index contributed by atoms with van der Waals surface area (Å²) >= 11 is 0. The van der Waals surface area contributed by atoms with E-state index >= 15 is 0 Å². The Bertz CT molecular complexity index is 527. The maximum absolute atomic E-state index is 11.9. The molecule has 0 saturated heterocycles. The lowest BCUT2D eigenvalue weighted by Gasteiger charge is -2.11. The number of hydrogen-bond acceptors (Lipinski definition) is 4. The monoisotopic (exact) mass is 258 g/mol. The molecule has 0 radical (unpaired) electrons. The average Bonchev–Trinajstić information content (AvgIpc) is 2.58. The van der Waals surface area contributed by atoms with Crippen molar-refractivity contribution in [3.63, 3.8) is 0 Å². The van der Waals surface area contributed by atoms with E-state index in [2.05, 4.69) is 0 Å². The van der Waals surface area contributed by atoms with E-state index in [0.29, 0.717) is 0 Å². The zero-order chi connectivity index (χ0) is 13.4. The maximum atomic E-state index is 11.9. The highest BCUT2D eigenvalue weighted by Crippen LogP contribution is 2.22. The van der Waals surface area contributed by atoms with Gasteiger partial charge in [0.25, 0.3) is 5.12 Å². The summed E-state index contributed by atoms with van der Waals surface area (Å²) in [6.07, 6.45) is 1.63. The zero-order valence-corrected chi connectivity index (χ0v) is 11.3. The van der Waals surface area contributed by atoms with Crippen molar-refractivity contribution in [3.05, 3.63) is 17.8 Å². The van der Waals surface area contributed by atoms with E-state index in [0.717, 1.165) is 0 Å². The first kappa shape index (κ1) is 13.8. The minimum Gasteiger partial charge on any atom is -0.384 e. The van der Waals surface area contributed by atoms with Gasteiger partial charge in [-0.25, -0.2) is 8.42 Å². The third-order valence-corrected chi connectivity index (χ3v) is 4.59. The second-order valence-electron chi connectivity index (χ2n) is 4.50. The lowest BCUT2D eigenvalue weighted by molar-refractivity contribution is 0.107. The lowest BCUT2D eigenvalue weighted by Crippen LogP contribution is -2.24. The Labute approximate surface area is 102 Å². The molecule has 6 heteroatoms. The molecule has 5 nitrogen and oxygen atoms in total. The summed E-state index contributed by atoms with van der Waals surface area (Å²) < 4.78 is 25.2. The SMILES string of the molecule is CC(C)n1ccc(C(=O)S(=O)(=O)C(C)C)c1N. The van der Waals surface area contributed by atoms with Gasteiger partial charge in [0.2, 0.25) is 9.84 Å². The number of rotatable bonds is 3. The molecule has 0 spiro atoms. The van der Waals surface area contributed by atoms with Crippen LogP contribution >= 0.6 is 0 Å². The van der Waals surface area contributed by atoms with Crippen molar-refractivity contribution < 1.29 is 13.2 Å². The van der Waals surface area contributed by atoms with Crippen molar-refractivity contribution in [1.82, 2.24) is 4.57 Å². The van der Waals surface area contributed by atoms with E-state index in [1.54, 1.807) is 10.8 Å². The molecule has 0 aliphatic carbocycles. The first-order chi connectivity index (χ1) is 7.69. The number of nitrogens with zero attached hydrogens (tertiary/aromatic N) is 1. The molecule has 1 aromatic heterocycles. The van der Waals surface area contributed by atoms with Crippen molar-refractivity contribution >= 4 is 20.8 Å². The largest absolute Gasteiger partial charge is 0.384 e. The molecule has 17 heavy (non-hydrogen) atoms. The van der Waals surface area contributed by atoms with Crippen LogP contribution in [0.4, 0.5) is 5.82 Å². The molecule has 0 aliphatic heterocycles. The Kier molecular flexibility index (Phi) is 3.66. The van der Waals surface area contributed by atoms with E-state index < -0.39 is 20.2 Å². The summed E-state index contributed by atoms with van der Waals surface area (Å²) in [4.78, 5) is 11.9. The zero-order valence-electron chi connectivity index (χ0n) is 10.5. The van der Waals surface area contributed by atoms with Crippen LogP contribution < -0.4 is 5.73 Å². The minimum atomic E-state index is -3.80. The summed E-state index contributed by atoms with van der Waals surface area (Å²) in [5, 5.41) is -1.64. The van der Waals surface area contributed by atoms with Gasteiger partial charge in [-0.1, -0.05) is 0 Å². The van der Waals surface area contributed by atoms with E-state index in [1.165, 1.54) is 19.9 Å². The number of nitrogens with two attached hydrogens (primary N) is 1. The highest BCUT2D eigenvalue weighted by atomic mass is 32.2. The van der Waals surface area contributed by atoms with Crippen LogP contribution in [-0.2, 0) is 9.84 Å². The van der Waals surface area contributed by atoms with Gasteiger partial charge in [-0.15, -0.1) is 0 Å². The molecule has 0 amide bonds. The standard InChI is InChI=1S/C11H18N2O3S/c1-7(2)13-6-5-9(10(13)12)11(14)17(15,16)8(3)4/h5-8H,12H2,1-4H3. The lowest BCUT2D eigenvalue weighted by atomic mass is 10.3. The maximum Gasteiger partial charge on any atom is 0.280 e. The fourth-order valence-electron chi connectivity index (χ4n) is 1.45. The normalized spacial score (nSPS) is 12.4. The Morgan fingerprint density at radius 2 is 1.82 bits per heavy atom. The number of sulfone groups is 1. The molecule has 2 N–H and O–H groups in total. The van der Waals surface area contributed by atoms with Crippen LogP contribution in [0.15, 0.2) is 12.3 Å². The van der Waals surface area contributed by atoms with Gasteiger partial charge in [0, 0.05) is 12.2 Å². The van der Waals surface area contributed by atoms with Gasteiger partial charge in [-0.05, 0) is 33.8 Å². The highest BCUT2D eigenvalue weighted by molar-refractivity contribution is 8.07. The number of anilines is 1. The second-order valence-corrected chi connectivity index (χ2v) is 6.90. The summed E-state index contributed by atoms with van der Waals surface area (Å²) in [6, 6.07) is 1.54. The Hall–Kier alpha value is -1.30. The van der Waals surface area contributed by atoms with E-state index in [-0.39, 0.29) is 17.4 Å². The van der Waals surface area contributed by atoms with Crippen LogP contribution in [0.5, 0.6) is 0 Å². The average molecular weight is 258 g/mol. The fraction of sp³-hybridized carbons (Fsp3) is 0.545. The number of aromatic nitrogens is 1. The summed E-state index contributed by atoms with van der Waals surface area (Å²) in [7, 11) is -3.80. The van der Waals surface area contributed by atoms with Crippen LogP contribution in [0.25, 0.3) is 0 Å². The van der Waals surface area contributed by atoms with Gasteiger partial charge >= 0.3 is 0 Å². The van der Waals surface area contributed by atoms with Gasteiger partial charge in [0.1, 0.15) is 5.82 Å². The summed E-state index contributed by atoms with van der Waals surface area (Å²) in [6.45, 7) is 6.76. The van der Waals surface area contributed by atoms with E-state index in [1.807, 2.05) is 13.8 Å². The van der Waals surface area contributed by atoms with Gasteiger partial charge in [-0.3, -0.25) is 4.79 Å². The molecule has 0 saturated carbocycles. The van der Waals surface area contributed by atoms with Crippen LogP contribution in [0.1, 0.15) is 44.1 Å². The fourth-order valence-corrected chi connectivity index (χ4v) is 2.36. The first-order valence-corrected chi connectivity index (χ1v) is 6.98. The molecule has 1 aromatic rings. The molecule has 0 atom stereocenters. The van der Waals surface area contributed by atoms with Crippen LogP contribution in [0, 0.1) is 0 Å². The van der Waals surface area contributed by atoms with Gasteiger partial charge in [-0.2, -0.15) is 0 Å². The molecular weight excluding hydrogens is 240 g/mol. The van der Waals surface area contributed by atoms with Gasteiger partial charge < -0.3 is 10.3 Å². The molecule has 0 aromatic carbocycles. The predicted molar refractivity (Wildman–Crippen MR) is 67.6 cm³/mol. The molecule has 96 valence electrons. The third-order valence-electron chi connectivity index (χ3n) is 2.61. The van der Waals surface area contributed by atoms with Crippen molar-refractivity contribution in [3.8, 4) is 0 Å². The van der Waals surface area contributed by atoms with Crippen LogP contribution in [0.2, 0.25) is 0 Å². The van der Waals surface area contributed by atoms with Crippen molar-refractivity contribution in [2.24, 2.45) is 0 Å². The molecule has 1 rings (SSSR count). The Morgan fingerprint density at radius 1 is 1.29 bits per heavy atom. The molecular formula is C11H18N2O3S. The van der Waals surface area contributed by atoms with Gasteiger partial charge in [0.05, 0.1) is 10.8 Å². The molecule has 0 unspecified atom stereocenters. The number of carbonyl (C=O) groups excluding carboxylic acids is 1. The summed E-state index contributed by atoms with van der Waals surface area (Å²) in [5.74, 6) is 0.203. The van der Waals surface area contributed by atoms with Crippen molar-refractivity contribution in [1.29, 1.82) is 0 Å². The Balaban J connectivity index is 3.24.